The second-order valence-corrected chi connectivity index (χ2v) is 5.10. The largest absolute Gasteiger partial charge is 0.384 e. The third-order valence-corrected chi connectivity index (χ3v) is 3.26. The Morgan fingerprint density at radius 1 is 1.44 bits per heavy atom. The van der Waals surface area contributed by atoms with Crippen molar-refractivity contribution in [1.29, 1.82) is 0 Å². The van der Waals surface area contributed by atoms with Gasteiger partial charge in [0.2, 0.25) is 0 Å². The van der Waals surface area contributed by atoms with E-state index < -0.39 is 0 Å². The Labute approximate surface area is 108 Å². The van der Waals surface area contributed by atoms with Gasteiger partial charge in [0.1, 0.15) is 16.7 Å². The Kier molecular flexibility index (Phi) is 3.37. The maximum absolute atomic E-state index is 11.2. The number of aromatic amines is 1. The highest BCUT2D eigenvalue weighted by molar-refractivity contribution is 7.99. The molecule has 0 aliphatic heterocycles. The zero-order valence-corrected chi connectivity index (χ0v) is 11.2. The molecule has 0 unspecified atom stereocenters. The average molecular weight is 266 g/mol. The van der Waals surface area contributed by atoms with Gasteiger partial charge in [-0.05, 0) is 11.8 Å². The van der Waals surface area contributed by atoms with Crippen molar-refractivity contribution in [3.05, 3.63) is 22.4 Å². The highest BCUT2D eigenvalue weighted by Crippen LogP contribution is 2.25. The molecule has 96 valence electrons. The van der Waals surface area contributed by atoms with E-state index in [0.717, 1.165) is 0 Å². The quantitative estimate of drug-likeness (QED) is 0.795. The number of hydrogen-bond acceptors (Lipinski definition) is 6. The second kappa shape index (κ2) is 4.81. The van der Waals surface area contributed by atoms with Crippen LogP contribution in [0.4, 0.5) is 5.82 Å². The summed E-state index contributed by atoms with van der Waals surface area (Å²) in [5.74, 6) is 1.28. The number of hydrogen-bond donors (Lipinski definition) is 2. The van der Waals surface area contributed by atoms with Crippen LogP contribution in [-0.4, -0.2) is 24.7 Å². The van der Waals surface area contributed by atoms with Gasteiger partial charge in [-0.25, -0.2) is 19.9 Å². The summed E-state index contributed by atoms with van der Waals surface area (Å²) < 4.78 is 1.41. The van der Waals surface area contributed by atoms with Crippen molar-refractivity contribution in [2.45, 2.75) is 29.9 Å². The fraction of sp³-hybridized carbons (Fsp3) is 0.400. The molecular formula is C10H14N6OS. The summed E-state index contributed by atoms with van der Waals surface area (Å²) in [6.07, 6.45) is 0. The van der Waals surface area contributed by atoms with E-state index in [9.17, 15) is 4.79 Å². The van der Waals surface area contributed by atoms with Gasteiger partial charge in [0.25, 0.3) is 0 Å². The molecule has 2 rings (SSSR count). The first kappa shape index (κ1) is 12.6. The van der Waals surface area contributed by atoms with Crippen molar-refractivity contribution in [3.8, 4) is 0 Å². The molecule has 7 nitrogen and oxygen atoms in total. The standard InChI is InChI=1S/C10H14N6OS/c1-5(2)8-12-6(11)4-7(13-8)18-10-15-14-9(17)16(10)3/h4-5H,1-3H3,(H,14,17)(H2,11,12,13). The highest BCUT2D eigenvalue weighted by atomic mass is 32.2. The van der Waals surface area contributed by atoms with Gasteiger partial charge < -0.3 is 5.73 Å². The predicted octanol–water partition coefficient (Wildman–Crippen LogP) is 0.755. The molecule has 2 heterocycles. The van der Waals surface area contributed by atoms with E-state index in [1.165, 1.54) is 16.3 Å². The molecule has 0 aliphatic carbocycles. The van der Waals surface area contributed by atoms with E-state index in [1.807, 2.05) is 13.8 Å². The zero-order valence-electron chi connectivity index (χ0n) is 10.3. The molecule has 0 amide bonds. The summed E-state index contributed by atoms with van der Waals surface area (Å²) in [7, 11) is 1.64. The Balaban J connectivity index is 2.34. The molecule has 0 aromatic carbocycles. The molecule has 0 radical (unpaired) electrons. The third-order valence-electron chi connectivity index (χ3n) is 2.29. The lowest BCUT2D eigenvalue weighted by molar-refractivity contribution is 0.747. The summed E-state index contributed by atoms with van der Waals surface area (Å²) in [4.78, 5) is 19.8. The number of nitrogen functional groups attached to an aromatic ring is 1. The summed E-state index contributed by atoms with van der Waals surface area (Å²) in [6, 6.07) is 1.66. The lowest BCUT2D eigenvalue weighted by Gasteiger charge is -2.07. The highest BCUT2D eigenvalue weighted by Gasteiger charge is 2.11. The lowest BCUT2D eigenvalue weighted by atomic mass is 10.2. The Hall–Kier alpha value is -1.83. The van der Waals surface area contributed by atoms with E-state index in [-0.39, 0.29) is 11.6 Å². The summed E-state index contributed by atoms with van der Waals surface area (Å²) in [6.45, 7) is 3.99. The van der Waals surface area contributed by atoms with E-state index in [0.29, 0.717) is 21.8 Å². The molecule has 0 atom stereocenters. The van der Waals surface area contributed by atoms with E-state index >= 15 is 0 Å². The van der Waals surface area contributed by atoms with Gasteiger partial charge in [-0.1, -0.05) is 13.8 Å². The van der Waals surface area contributed by atoms with Crippen molar-refractivity contribution in [2.75, 3.05) is 5.73 Å². The molecule has 0 bridgehead atoms. The van der Waals surface area contributed by atoms with Crippen LogP contribution < -0.4 is 11.4 Å². The monoisotopic (exact) mass is 266 g/mol. The van der Waals surface area contributed by atoms with E-state index in [1.54, 1.807) is 13.1 Å². The normalized spacial score (nSPS) is 11.1. The van der Waals surface area contributed by atoms with Crippen molar-refractivity contribution in [1.82, 2.24) is 24.7 Å². The third kappa shape index (κ3) is 2.53. The van der Waals surface area contributed by atoms with E-state index in [4.69, 9.17) is 5.73 Å². The fourth-order valence-corrected chi connectivity index (χ4v) is 2.11. The maximum Gasteiger partial charge on any atom is 0.343 e. The molecule has 0 spiro atoms. The minimum atomic E-state index is -0.261. The summed E-state index contributed by atoms with van der Waals surface area (Å²) in [5.41, 5.74) is 5.47. The summed E-state index contributed by atoms with van der Waals surface area (Å²) >= 11 is 1.27. The molecule has 2 aromatic rings. The van der Waals surface area contributed by atoms with Crippen LogP contribution in [0.2, 0.25) is 0 Å². The van der Waals surface area contributed by atoms with Gasteiger partial charge in [-0.15, -0.1) is 5.10 Å². The first-order chi connectivity index (χ1) is 8.47. The van der Waals surface area contributed by atoms with Crippen LogP contribution in [0.1, 0.15) is 25.6 Å². The molecular weight excluding hydrogens is 252 g/mol. The van der Waals surface area contributed by atoms with Crippen LogP contribution in [0.3, 0.4) is 0 Å². The average Bonchev–Trinajstić information content (AvgIpc) is 2.60. The van der Waals surface area contributed by atoms with E-state index in [2.05, 4.69) is 20.2 Å². The number of aromatic nitrogens is 5. The first-order valence-electron chi connectivity index (χ1n) is 5.41. The van der Waals surface area contributed by atoms with Gasteiger partial charge in [-0.3, -0.25) is 4.57 Å². The van der Waals surface area contributed by atoms with Crippen LogP contribution in [0.25, 0.3) is 0 Å². The topological polar surface area (TPSA) is 102 Å². The van der Waals surface area contributed by atoms with Gasteiger partial charge in [0.15, 0.2) is 5.16 Å². The van der Waals surface area contributed by atoms with Gasteiger partial charge in [0, 0.05) is 19.0 Å². The Morgan fingerprint density at radius 2 is 2.17 bits per heavy atom. The van der Waals surface area contributed by atoms with Gasteiger partial charge in [-0.2, -0.15) is 0 Å². The van der Waals surface area contributed by atoms with Crippen LogP contribution in [0.15, 0.2) is 21.0 Å². The van der Waals surface area contributed by atoms with Crippen LogP contribution in [0.5, 0.6) is 0 Å². The van der Waals surface area contributed by atoms with Crippen LogP contribution >= 0.6 is 11.8 Å². The summed E-state index contributed by atoms with van der Waals surface area (Å²) in [5, 5.41) is 7.48. The number of nitrogens with one attached hydrogen (secondary N) is 1. The SMILES string of the molecule is CC(C)c1nc(N)cc(Sc2n[nH]c(=O)n2C)n1. The predicted molar refractivity (Wildman–Crippen MR) is 68.5 cm³/mol. The Morgan fingerprint density at radius 3 is 2.72 bits per heavy atom. The first-order valence-corrected chi connectivity index (χ1v) is 6.22. The number of rotatable bonds is 3. The minimum Gasteiger partial charge on any atom is -0.384 e. The fourth-order valence-electron chi connectivity index (χ4n) is 1.29. The smallest absolute Gasteiger partial charge is 0.343 e. The van der Waals surface area contributed by atoms with Crippen molar-refractivity contribution in [2.24, 2.45) is 7.05 Å². The molecule has 18 heavy (non-hydrogen) atoms. The number of nitrogens with two attached hydrogens (primary N) is 1. The number of nitrogens with zero attached hydrogens (tertiary/aromatic N) is 4. The number of anilines is 1. The van der Waals surface area contributed by atoms with Crippen LogP contribution in [-0.2, 0) is 7.05 Å². The number of H-pyrrole nitrogens is 1. The Bertz CT molecular complexity index is 617. The zero-order chi connectivity index (χ0) is 13.3. The maximum atomic E-state index is 11.2. The second-order valence-electron chi connectivity index (χ2n) is 4.12. The molecule has 3 N–H and O–H groups in total. The van der Waals surface area contributed by atoms with Crippen molar-refractivity contribution < 1.29 is 0 Å². The van der Waals surface area contributed by atoms with Crippen molar-refractivity contribution in [3.63, 3.8) is 0 Å². The molecule has 0 saturated carbocycles. The molecule has 8 heteroatoms. The van der Waals surface area contributed by atoms with Gasteiger partial charge in [0.05, 0.1) is 0 Å². The molecule has 0 aliphatic rings. The lowest BCUT2D eigenvalue weighted by Crippen LogP contribution is -2.13. The van der Waals surface area contributed by atoms with Crippen LogP contribution in [0, 0.1) is 0 Å². The molecule has 0 saturated heterocycles. The molecule has 2 aromatic heterocycles. The van der Waals surface area contributed by atoms with Crippen molar-refractivity contribution >= 4 is 17.6 Å². The minimum absolute atomic E-state index is 0.191. The van der Waals surface area contributed by atoms with Gasteiger partial charge >= 0.3 is 5.69 Å². The molecule has 0 fully saturated rings.